The normalized spacial score (nSPS) is 12.2. The first-order valence-corrected chi connectivity index (χ1v) is 6.55. The summed E-state index contributed by atoms with van der Waals surface area (Å²) < 4.78 is 6.09. The molecule has 0 aliphatic carbocycles. The van der Waals surface area contributed by atoms with E-state index in [-0.39, 0.29) is 0 Å². The van der Waals surface area contributed by atoms with E-state index in [4.69, 9.17) is 4.74 Å². The molecule has 1 N–H and O–H groups in total. The molecule has 2 aromatic carbocycles. The van der Waals surface area contributed by atoms with Crippen molar-refractivity contribution in [2.75, 3.05) is 7.11 Å². The smallest absolute Gasteiger partial charge is 0.133 e. The fraction of sp³-hybridized carbons (Fsp3) is 0.200. The number of benzene rings is 2. The van der Waals surface area contributed by atoms with Crippen molar-refractivity contribution in [1.82, 2.24) is 0 Å². The Balaban J connectivity index is 2.12. The van der Waals surface area contributed by atoms with E-state index in [1.54, 1.807) is 7.11 Å². The van der Waals surface area contributed by atoms with Gasteiger partial charge in [-0.25, -0.2) is 0 Å². The van der Waals surface area contributed by atoms with Crippen LogP contribution >= 0.6 is 15.9 Å². The number of hydrogen-bond donors (Lipinski definition) is 1. The van der Waals surface area contributed by atoms with Gasteiger partial charge in [0, 0.05) is 6.42 Å². The standard InChI is InChI=1S/C15H15BrO2/c1-18-15-8-7-11(9-13(15)16)10-14(17)12-5-3-2-4-6-12/h2-9,14,17H,10H2,1H3. The topological polar surface area (TPSA) is 29.5 Å². The van der Waals surface area contributed by atoms with E-state index in [9.17, 15) is 5.11 Å². The second kappa shape index (κ2) is 6.03. The minimum absolute atomic E-state index is 0.480. The Hall–Kier alpha value is -1.32. The average molecular weight is 307 g/mol. The van der Waals surface area contributed by atoms with Gasteiger partial charge in [0.05, 0.1) is 17.7 Å². The van der Waals surface area contributed by atoms with Gasteiger partial charge in [0.25, 0.3) is 0 Å². The highest BCUT2D eigenvalue weighted by Crippen LogP contribution is 2.27. The Morgan fingerprint density at radius 1 is 1.17 bits per heavy atom. The van der Waals surface area contributed by atoms with Gasteiger partial charge in [-0.15, -0.1) is 0 Å². The molecule has 3 heteroatoms. The largest absolute Gasteiger partial charge is 0.496 e. The third kappa shape index (κ3) is 3.12. The van der Waals surface area contributed by atoms with Crippen molar-refractivity contribution in [2.24, 2.45) is 0 Å². The van der Waals surface area contributed by atoms with Gasteiger partial charge in [-0.1, -0.05) is 36.4 Å². The average Bonchev–Trinajstić information content (AvgIpc) is 2.40. The zero-order valence-electron chi connectivity index (χ0n) is 10.1. The van der Waals surface area contributed by atoms with E-state index in [1.165, 1.54) is 0 Å². The van der Waals surface area contributed by atoms with Crippen LogP contribution in [0, 0.1) is 0 Å². The Morgan fingerprint density at radius 3 is 2.50 bits per heavy atom. The summed E-state index contributed by atoms with van der Waals surface area (Å²) in [4.78, 5) is 0. The fourth-order valence-electron chi connectivity index (χ4n) is 1.85. The highest BCUT2D eigenvalue weighted by atomic mass is 79.9. The first-order valence-electron chi connectivity index (χ1n) is 5.76. The summed E-state index contributed by atoms with van der Waals surface area (Å²) in [6, 6.07) is 15.5. The zero-order valence-corrected chi connectivity index (χ0v) is 11.7. The molecular weight excluding hydrogens is 292 g/mol. The number of halogens is 1. The number of ether oxygens (including phenoxy) is 1. The Bertz CT molecular complexity index is 511. The van der Waals surface area contributed by atoms with Crippen LogP contribution in [-0.4, -0.2) is 12.2 Å². The molecule has 94 valence electrons. The van der Waals surface area contributed by atoms with Crippen LogP contribution in [0.4, 0.5) is 0 Å². The van der Waals surface area contributed by atoms with Crippen molar-refractivity contribution >= 4 is 15.9 Å². The third-order valence-corrected chi connectivity index (χ3v) is 3.45. The van der Waals surface area contributed by atoms with Crippen LogP contribution in [-0.2, 0) is 6.42 Å². The number of aliphatic hydroxyl groups is 1. The lowest BCUT2D eigenvalue weighted by molar-refractivity contribution is 0.178. The Labute approximate surface area is 115 Å². The summed E-state index contributed by atoms with van der Waals surface area (Å²) in [6.45, 7) is 0. The van der Waals surface area contributed by atoms with Crippen molar-refractivity contribution in [3.05, 3.63) is 64.1 Å². The van der Waals surface area contributed by atoms with E-state index < -0.39 is 6.10 Å². The molecule has 0 aliphatic rings. The maximum Gasteiger partial charge on any atom is 0.133 e. The molecule has 0 fully saturated rings. The van der Waals surface area contributed by atoms with Gasteiger partial charge in [-0.05, 0) is 39.2 Å². The second-order valence-corrected chi connectivity index (χ2v) is 4.95. The molecule has 1 unspecified atom stereocenters. The molecule has 1 atom stereocenters. The molecule has 0 bridgehead atoms. The summed E-state index contributed by atoms with van der Waals surface area (Å²) in [5.74, 6) is 0.799. The van der Waals surface area contributed by atoms with Crippen molar-refractivity contribution in [3.63, 3.8) is 0 Å². The number of hydrogen-bond acceptors (Lipinski definition) is 2. The summed E-state index contributed by atoms with van der Waals surface area (Å²) in [5, 5.41) is 10.1. The molecule has 0 heterocycles. The Kier molecular flexibility index (Phi) is 4.39. The number of rotatable bonds is 4. The number of methoxy groups -OCH3 is 1. The molecule has 2 rings (SSSR count). The number of aliphatic hydroxyl groups excluding tert-OH is 1. The van der Waals surface area contributed by atoms with Gasteiger partial charge >= 0.3 is 0 Å². The molecule has 0 aliphatic heterocycles. The quantitative estimate of drug-likeness (QED) is 0.932. The van der Waals surface area contributed by atoms with E-state index >= 15 is 0 Å². The van der Waals surface area contributed by atoms with E-state index in [1.807, 2.05) is 48.5 Å². The van der Waals surface area contributed by atoms with Crippen LogP contribution in [0.2, 0.25) is 0 Å². The molecule has 0 radical (unpaired) electrons. The van der Waals surface area contributed by atoms with Crippen LogP contribution in [0.25, 0.3) is 0 Å². The van der Waals surface area contributed by atoms with Crippen molar-refractivity contribution in [2.45, 2.75) is 12.5 Å². The molecule has 0 saturated carbocycles. The van der Waals surface area contributed by atoms with Gasteiger partial charge in [0.1, 0.15) is 5.75 Å². The SMILES string of the molecule is COc1ccc(CC(O)c2ccccc2)cc1Br. The predicted molar refractivity (Wildman–Crippen MR) is 75.8 cm³/mol. The molecule has 2 aromatic rings. The lowest BCUT2D eigenvalue weighted by Crippen LogP contribution is -2.01. The van der Waals surface area contributed by atoms with E-state index in [0.29, 0.717) is 6.42 Å². The minimum atomic E-state index is -0.480. The molecule has 0 spiro atoms. The van der Waals surface area contributed by atoms with E-state index in [0.717, 1.165) is 21.3 Å². The first kappa shape index (κ1) is 13.1. The van der Waals surface area contributed by atoms with Crippen molar-refractivity contribution < 1.29 is 9.84 Å². The maximum atomic E-state index is 10.1. The summed E-state index contributed by atoms with van der Waals surface area (Å²) in [6.07, 6.45) is 0.110. The van der Waals surface area contributed by atoms with Crippen LogP contribution < -0.4 is 4.74 Å². The summed E-state index contributed by atoms with van der Waals surface area (Å²) in [7, 11) is 1.64. The molecule has 0 saturated heterocycles. The fourth-order valence-corrected chi connectivity index (χ4v) is 2.44. The predicted octanol–water partition coefficient (Wildman–Crippen LogP) is 3.73. The molecule has 18 heavy (non-hydrogen) atoms. The van der Waals surface area contributed by atoms with Crippen molar-refractivity contribution in [1.29, 1.82) is 0 Å². The van der Waals surface area contributed by atoms with Crippen LogP contribution in [0.3, 0.4) is 0 Å². The van der Waals surface area contributed by atoms with Crippen LogP contribution in [0.5, 0.6) is 5.75 Å². The monoisotopic (exact) mass is 306 g/mol. The molecular formula is C15H15BrO2. The van der Waals surface area contributed by atoms with E-state index in [2.05, 4.69) is 15.9 Å². The third-order valence-electron chi connectivity index (χ3n) is 2.83. The van der Waals surface area contributed by atoms with Gasteiger partial charge in [-0.3, -0.25) is 0 Å². The second-order valence-electron chi connectivity index (χ2n) is 4.10. The summed E-state index contributed by atoms with van der Waals surface area (Å²) >= 11 is 3.45. The molecule has 2 nitrogen and oxygen atoms in total. The highest BCUT2D eigenvalue weighted by molar-refractivity contribution is 9.10. The first-order chi connectivity index (χ1) is 8.70. The zero-order chi connectivity index (χ0) is 13.0. The van der Waals surface area contributed by atoms with Gasteiger partial charge in [-0.2, -0.15) is 0 Å². The van der Waals surface area contributed by atoms with Crippen LogP contribution in [0.1, 0.15) is 17.2 Å². The maximum absolute atomic E-state index is 10.1. The van der Waals surface area contributed by atoms with Gasteiger partial charge in [0.15, 0.2) is 0 Å². The van der Waals surface area contributed by atoms with Gasteiger partial charge in [0.2, 0.25) is 0 Å². The van der Waals surface area contributed by atoms with Gasteiger partial charge < -0.3 is 9.84 Å². The molecule has 0 aromatic heterocycles. The molecule has 0 amide bonds. The highest BCUT2D eigenvalue weighted by Gasteiger charge is 2.09. The van der Waals surface area contributed by atoms with Crippen LogP contribution in [0.15, 0.2) is 53.0 Å². The minimum Gasteiger partial charge on any atom is -0.496 e. The van der Waals surface area contributed by atoms with Crippen molar-refractivity contribution in [3.8, 4) is 5.75 Å². The lowest BCUT2D eigenvalue weighted by Gasteiger charge is -2.12. The lowest BCUT2D eigenvalue weighted by atomic mass is 10.0. The Morgan fingerprint density at radius 2 is 1.89 bits per heavy atom. The summed E-state index contributed by atoms with van der Waals surface area (Å²) in [5.41, 5.74) is 2.00.